The quantitative estimate of drug-likeness (QED) is 0.840. The molecule has 0 heterocycles. The number of hydrogen-bond donors (Lipinski definition) is 1. The number of carbonyl (C=O) groups is 2. The molecule has 132 valence electrons. The first-order chi connectivity index (χ1) is 12.0. The number of anilines is 1. The molecule has 0 radical (unpaired) electrons. The molecule has 0 aliphatic carbocycles. The Morgan fingerprint density at radius 2 is 1.68 bits per heavy atom. The van der Waals surface area contributed by atoms with E-state index < -0.39 is 0 Å². The van der Waals surface area contributed by atoms with Crippen molar-refractivity contribution in [2.75, 3.05) is 19.0 Å². The predicted octanol–water partition coefficient (Wildman–Crippen LogP) is 3.38. The number of benzene rings is 2. The predicted molar refractivity (Wildman–Crippen MR) is 98.5 cm³/mol. The molecule has 0 fully saturated rings. The summed E-state index contributed by atoms with van der Waals surface area (Å²) in [7, 11) is 1.60. The second-order valence-corrected chi connectivity index (χ2v) is 5.95. The topological polar surface area (TPSA) is 58.6 Å². The Bertz CT molecular complexity index is 709. The minimum Gasteiger partial charge on any atom is -0.497 e. The molecule has 5 heteroatoms. The second kappa shape index (κ2) is 8.87. The molecule has 2 aromatic rings. The van der Waals surface area contributed by atoms with Crippen molar-refractivity contribution in [2.24, 2.45) is 0 Å². The van der Waals surface area contributed by atoms with E-state index in [-0.39, 0.29) is 18.2 Å². The molecule has 0 aromatic heterocycles. The van der Waals surface area contributed by atoms with Crippen LogP contribution < -0.4 is 10.1 Å². The standard InChI is InChI=1S/C20H24N2O3/c1-15-4-6-17(7-5-15)14-22(16(2)23)13-12-20(24)21-18-8-10-19(25-3)11-9-18/h4-11H,12-14H2,1-3H3,(H,21,24). The number of rotatable bonds is 7. The van der Waals surface area contributed by atoms with Gasteiger partial charge in [0.2, 0.25) is 11.8 Å². The molecule has 0 spiro atoms. The lowest BCUT2D eigenvalue weighted by atomic mass is 10.1. The number of amides is 2. The maximum Gasteiger partial charge on any atom is 0.226 e. The Kier molecular flexibility index (Phi) is 6.57. The van der Waals surface area contributed by atoms with Crippen LogP contribution in [0.3, 0.4) is 0 Å². The van der Waals surface area contributed by atoms with Gasteiger partial charge in [0.25, 0.3) is 0 Å². The van der Waals surface area contributed by atoms with E-state index in [0.717, 1.165) is 11.3 Å². The first-order valence-corrected chi connectivity index (χ1v) is 8.23. The zero-order valence-corrected chi connectivity index (χ0v) is 14.9. The van der Waals surface area contributed by atoms with E-state index in [1.807, 2.05) is 31.2 Å². The molecule has 1 N–H and O–H groups in total. The molecule has 0 bridgehead atoms. The fourth-order valence-corrected chi connectivity index (χ4v) is 2.40. The van der Waals surface area contributed by atoms with Gasteiger partial charge in [-0.1, -0.05) is 29.8 Å². The van der Waals surface area contributed by atoms with Gasteiger partial charge in [0, 0.05) is 32.1 Å². The van der Waals surface area contributed by atoms with Gasteiger partial charge in [-0.25, -0.2) is 0 Å². The number of aryl methyl sites for hydroxylation is 1. The van der Waals surface area contributed by atoms with Crippen molar-refractivity contribution in [3.63, 3.8) is 0 Å². The van der Waals surface area contributed by atoms with E-state index in [0.29, 0.717) is 18.8 Å². The molecule has 2 rings (SSSR count). The van der Waals surface area contributed by atoms with E-state index in [2.05, 4.69) is 5.32 Å². The van der Waals surface area contributed by atoms with Crippen LogP contribution in [0, 0.1) is 6.92 Å². The zero-order chi connectivity index (χ0) is 18.2. The number of methoxy groups -OCH3 is 1. The Hall–Kier alpha value is -2.82. The van der Waals surface area contributed by atoms with E-state index in [1.165, 1.54) is 12.5 Å². The molecule has 2 amide bonds. The third-order valence-electron chi connectivity index (χ3n) is 3.92. The van der Waals surface area contributed by atoms with Crippen LogP contribution in [0.15, 0.2) is 48.5 Å². The SMILES string of the molecule is COc1ccc(NC(=O)CCN(Cc2ccc(C)cc2)C(C)=O)cc1. The van der Waals surface area contributed by atoms with E-state index in [1.54, 1.807) is 36.3 Å². The van der Waals surface area contributed by atoms with Crippen molar-refractivity contribution >= 4 is 17.5 Å². The van der Waals surface area contributed by atoms with E-state index >= 15 is 0 Å². The van der Waals surface area contributed by atoms with Crippen LogP contribution in [0.5, 0.6) is 5.75 Å². The summed E-state index contributed by atoms with van der Waals surface area (Å²) in [4.78, 5) is 25.6. The summed E-state index contributed by atoms with van der Waals surface area (Å²) in [5, 5.41) is 2.83. The molecule has 0 aliphatic heterocycles. The van der Waals surface area contributed by atoms with Crippen molar-refractivity contribution in [1.82, 2.24) is 4.90 Å². The molecule has 0 saturated carbocycles. The number of hydrogen-bond acceptors (Lipinski definition) is 3. The molecule has 0 aliphatic rings. The van der Waals surface area contributed by atoms with Crippen molar-refractivity contribution in [1.29, 1.82) is 0 Å². The van der Waals surface area contributed by atoms with Gasteiger partial charge in [0.15, 0.2) is 0 Å². The van der Waals surface area contributed by atoms with Crippen LogP contribution in [0.4, 0.5) is 5.69 Å². The van der Waals surface area contributed by atoms with E-state index in [9.17, 15) is 9.59 Å². The van der Waals surface area contributed by atoms with Crippen molar-refractivity contribution in [3.8, 4) is 5.75 Å². The maximum absolute atomic E-state index is 12.1. The van der Waals surface area contributed by atoms with Gasteiger partial charge in [0.05, 0.1) is 7.11 Å². The Morgan fingerprint density at radius 1 is 1.04 bits per heavy atom. The minimum absolute atomic E-state index is 0.0437. The smallest absolute Gasteiger partial charge is 0.226 e. The first kappa shape index (κ1) is 18.5. The summed E-state index contributed by atoms with van der Waals surface area (Å²) >= 11 is 0. The fraction of sp³-hybridized carbons (Fsp3) is 0.300. The summed E-state index contributed by atoms with van der Waals surface area (Å²) < 4.78 is 5.09. The number of nitrogens with zero attached hydrogens (tertiary/aromatic N) is 1. The van der Waals surface area contributed by atoms with Gasteiger partial charge in [-0.15, -0.1) is 0 Å². The van der Waals surface area contributed by atoms with Gasteiger partial charge >= 0.3 is 0 Å². The zero-order valence-electron chi connectivity index (χ0n) is 14.9. The van der Waals surface area contributed by atoms with Gasteiger partial charge in [0.1, 0.15) is 5.75 Å². The summed E-state index contributed by atoms with van der Waals surface area (Å²) in [6, 6.07) is 15.2. The minimum atomic E-state index is -0.125. The van der Waals surface area contributed by atoms with Crippen LogP contribution in [0.2, 0.25) is 0 Å². The molecule has 0 saturated heterocycles. The van der Waals surface area contributed by atoms with Gasteiger partial charge < -0.3 is 15.0 Å². The van der Waals surface area contributed by atoms with E-state index in [4.69, 9.17) is 4.74 Å². The van der Waals surface area contributed by atoms with Gasteiger partial charge in [-0.05, 0) is 36.8 Å². The average molecular weight is 340 g/mol. The van der Waals surface area contributed by atoms with Crippen LogP contribution >= 0.6 is 0 Å². The van der Waals surface area contributed by atoms with Crippen molar-refractivity contribution in [2.45, 2.75) is 26.8 Å². The third kappa shape index (κ3) is 5.95. The van der Waals surface area contributed by atoms with Crippen LogP contribution in [0.25, 0.3) is 0 Å². The highest BCUT2D eigenvalue weighted by Gasteiger charge is 2.12. The lowest BCUT2D eigenvalue weighted by Crippen LogP contribution is -2.31. The number of carbonyl (C=O) groups excluding carboxylic acids is 2. The molecule has 0 atom stereocenters. The Labute approximate surface area is 148 Å². The van der Waals surface area contributed by atoms with Crippen LogP contribution in [0.1, 0.15) is 24.5 Å². The van der Waals surface area contributed by atoms with Gasteiger partial charge in [-0.3, -0.25) is 9.59 Å². The molecular weight excluding hydrogens is 316 g/mol. The molecule has 0 unspecified atom stereocenters. The molecule has 5 nitrogen and oxygen atoms in total. The highest BCUT2D eigenvalue weighted by molar-refractivity contribution is 5.91. The second-order valence-electron chi connectivity index (χ2n) is 5.95. The average Bonchev–Trinajstić information content (AvgIpc) is 2.60. The normalized spacial score (nSPS) is 10.2. The van der Waals surface area contributed by atoms with Crippen LogP contribution in [-0.4, -0.2) is 30.4 Å². The Balaban J connectivity index is 1.87. The highest BCUT2D eigenvalue weighted by atomic mass is 16.5. The third-order valence-corrected chi connectivity index (χ3v) is 3.92. The monoisotopic (exact) mass is 340 g/mol. The lowest BCUT2D eigenvalue weighted by molar-refractivity contribution is -0.129. The summed E-state index contributed by atoms with van der Waals surface area (Å²) in [5.74, 6) is 0.567. The lowest BCUT2D eigenvalue weighted by Gasteiger charge is -2.21. The number of ether oxygens (including phenoxy) is 1. The Morgan fingerprint density at radius 3 is 2.24 bits per heavy atom. The summed E-state index contributed by atoms with van der Waals surface area (Å²) in [6.45, 7) is 4.43. The molecule has 25 heavy (non-hydrogen) atoms. The van der Waals surface area contributed by atoms with Crippen molar-refractivity contribution < 1.29 is 14.3 Å². The van der Waals surface area contributed by atoms with Crippen LogP contribution in [-0.2, 0) is 16.1 Å². The van der Waals surface area contributed by atoms with Crippen molar-refractivity contribution in [3.05, 3.63) is 59.7 Å². The fourth-order valence-electron chi connectivity index (χ4n) is 2.40. The summed E-state index contributed by atoms with van der Waals surface area (Å²) in [6.07, 6.45) is 0.247. The van der Waals surface area contributed by atoms with Gasteiger partial charge in [-0.2, -0.15) is 0 Å². The molecular formula is C20H24N2O3. The summed E-state index contributed by atoms with van der Waals surface area (Å²) in [5.41, 5.74) is 2.94. The first-order valence-electron chi connectivity index (χ1n) is 8.23. The molecule has 2 aromatic carbocycles. The largest absolute Gasteiger partial charge is 0.497 e. The highest BCUT2D eigenvalue weighted by Crippen LogP contribution is 2.15. The maximum atomic E-state index is 12.1. The number of nitrogens with one attached hydrogen (secondary N) is 1.